The zero-order valence-corrected chi connectivity index (χ0v) is 9.19. The molecule has 15 heavy (non-hydrogen) atoms. The van der Waals surface area contributed by atoms with E-state index in [0.717, 1.165) is 12.0 Å². The molecule has 2 heteroatoms. The minimum Gasteiger partial charge on any atom is -0.457 e. The molecule has 1 aromatic rings. The molecule has 1 aliphatic heterocycles. The van der Waals surface area contributed by atoms with E-state index in [1.54, 1.807) is 0 Å². The van der Waals surface area contributed by atoms with E-state index >= 15 is 0 Å². The van der Waals surface area contributed by atoms with E-state index in [1.165, 1.54) is 5.56 Å². The van der Waals surface area contributed by atoms with Gasteiger partial charge in [-0.3, -0.25) is 4.79 Å². The van der Waals surface area contributed by atoms with Gasteiger partial charge in [0.15, 0.2) is 0 Å². The van der Waals surface area contributed by atoms with Crippen LogP contribution in [-0.4, -0.2) is 5.97 Å². The van der Waals surface area contributed by atoms with Crippen LogP contribution in [-0.2, 0) is 9.53 Å². The molecule has 2 nitrogen and oxygen atoms in total. The third-order valence-corrected chi connectivity index (χ3v) is 2.86. The molecule has 0 saturated carbocycles. The van der Waals surface area contributed by atoms with Crippen molar-refractivity contribution in [3.05, 3.63) is 35.4 Å². The van der Waals surface area contributed by atoms with Crippen molar-refractivity contribution in [2.24, 2.45) is 0 Å². The molecular formula is C13H16O2. The summed E-state index contributed by atoms with van der Waals surface area (Å²) >= 11 is 0. The van der Waals surface area contributed by atoms with E-state index in [-0.39, 0.29) is 12.1 Å². The Morgan fingerprint density at radius 1 is 1.27 bits per heavy atom. The van der Waals surface area contributed by atoms with Gasteiger partial charge in [-0.25, -0.2) is 0 Å². The molecule has 0 amide bonds. The summed E-state index contributed by atoms with van der Waals surface area (Å²) in [5, 5.41) is 0. The summed E-state index contributed by atoms with van der Waals surface area (Å²) in [6, 6.07) is 8.37. The first-order valence-electron chi connectivity index (χ1n) is 5.46. The van der Waals surface area contributed by atoms with Crippen LogP contribution in [0.4, 0.5) is 0 Å². The molecule has 1 fully saturated rings. The maximum atomic E-state index is 11.0. The van der Waals surface area contributed by atoms with Gasteiger partial charge < -0.3 is 4.74 Å². The second-order valence-corrected chi connectivity index (χ2v) is 4.34. The Hall–Kier alpha value is -1.31. The van der Waals surface area contributed by atoms with E-state index in [2.05, 4.69) is 38.1 Å². The number of hydrogen-bond acceptors (Lipinski definition) is 2. The van der Waals surface area contributed by atoms with E-state index < -0.39 is 0 Å². The Bertz CT molecular complexity index is 351. The molecule has 1 unspecified atom stereocenters. The van der Waals surface area contributed by atoms with Crippen molar-refractivity contribution in [3.63, 3.8) is 0 Å². The van der Waals surface area contributed by atoms with Crippen LogP contribution in [0.3, 0.4) is 0 Å². The van der Waals surface area contributed by atoms with Crippen molar-refractivity contribution in [2.45, 2.75) is 38.7 Å². The van der Waals surface area contributed by atoms with Gasteiger partial charge in [-0.2, -0.15) is 0 Å². The highest BCUT2D eigenvalue weighted by atomic mass is 16.5. The van der Waals surface area contributed by atoms with Crippen molar-refractivity contribution in [1.82, 2.24) is 0 Å². The van der Waals surface area contributed by atoms with Gasteiger partial charge in [0.05, 0.1) is 0 Å². The maximum absolute atomic E-state index is 11.0. The SMILES string of the molecule is CC(C)c1ccc(C2CCC(=O)O2)cc1. The van der Waals surface area contributed by atoms with E-state index in [1.807, 2.05) is 0 Å². The fourth-order valence-corrected chi connectivity index (χ4v) is 1.86. The highest BCUT2D eigenvalue weighted by Crippen LogP contribution is 2.30. The Labute approximate surface area is 90.3 Å². The van der Waals surface area contributed by atoms with Crippen molar-refractivity contribution in [1.29, 1.82) is 0 Å². The summed E-state index contributed by atoms with van der Waals surface area (Å²) in [6.45, 7) is 4.34. The second-order valence-electron chi connectivity index (χ2n) is 4.34. The molecule has 0 bridgehead atoms. The Morgan fingerprint density at radius 2 is 1.93 bits per heavy atom. The monoisotopic (exact) mass is 204 g/mol. The molecule has 1 atom stereocenters. The summed E-state index contributed by atoms with van der Waals surface area (Å²) in [5.41, 5.74) is 2.44. The number of cyclic esters (lactones) is 1. The van der Waals surface area contributed by atoms with Crippen molar-refractivity contribution < 1.29 is 9.53 Å². The number of rotatable bonds is 2. The maximum Gasteiger partial charge on any atom is 0.306 e. The Kier molecular flexibility index (Phi) is 2.76. The first-order chi connectivity index (χ1) is 7.16. The van der Waals surface area contributed by atoms with Crippen LogP contribution in [0.2, 0.25) is 0 Å². The van der Waals surface area contributed by atoms with E-state index in [0.29, 0.717) is 12.3 Å². The minimum absolute atomic E-state index is 0.0151. The third kappa shape index (κ3) is 2.20. The van der Waals surface area contributed by atoms with Gasteiger partial charge in [-0.15, -0.1) is 0 Å². The lowest BCUT2D eigenvalue weighted by Gasteiger charge is -2.11. The zero-order valence-electron chi connectivity index (χ0n) is 9.19. The van der Waals surface area contributed by atoms with Crippen LogP contribution in [0, 0.1) is 0 Å². The molecule has 0 aliphatic carbocycles. The molecule has 0 aromatic heterocycles. The average molecular weight is 204 g/mol. The van der Waals surface area contributed by atoms with Gasteiger partial charge in [0, 0.05) is 6.42 Å². The molecule has 80 valence electrons. The zero-order chi connectivity index (χ0) is 10.8. The molecule has 1 aliphatic rings. The van der Waals surface area contributed by atoms with Gasteiger partial charge in [0.25, 0.3) is 0 Å². The topological polar surface area (TPSA) is 26.3 Å². The lowest BCUT2D eigenvalue weighted by molar-refractivity contribution is -0.141. The van der Waals surface area contributed by atoms with Gasteiger partial charge in [-0.1, -0.05) is 38.1 Å². The van der Waals surface area contributed by atoms with E-state index in [9.17, 15) is 4.79 Å². The van der Waals surface area contributed by atoms with E-state index in [4.69, 9.17) is 4.74 Å². The van der Waals surface area contributed by atoms with Gasteiger partial charge >= 0.3 is 5.97 Å². The molecule has 1 heterocycles. The number of hydrogen-bond donors (Lipinski definition) is 0. The quantitative estimate of drug-likeness (QED) is 0.691. The first-order valence-corrected chi connectivity index (χ1v) is 5.46. The normalized spacial score (nSPS) is 20.7. The highest BCUT2D eigenvalue weighted by Gasteiger charge is 2.24. The summed E-state index contributed by atoms with van der Waals surface area (Å²) in [5.74, 6) is 0.470. The Morgan fingerprint density at radius 3 is 2.40 bits per heavy atom. The second kappa shape index (κ2) is 4.05. The van der Waals surface area contributed by atoms with Crippen molar-refractivity contribution in [2.75, 3.05) is 0 Å². The number of benzene rings is 1. The lowest BCUT2D eigenvalue weighted by Crippen LogP contribution is -1.98. The van der Waals surface area contributed by atoms with Crippen LogP contribution in [0.5, 0.6) is 0 Å². The number of carbonyl (C=O) groups is 1. The molecule has 0 N–H and O–H groups in total. The fourth-order valence-electron chi connectivity index (χ4n) is 1.86. The highest BCUT2D eigenvalue weighted by molar-refractivity contribution is 5.71. The molecular weight excluding hydrogens is 188 g/mol. The third-order valence-electron chi connectivity index (χ3n) is 2.86. The van der Waals surface area contributed by atoms with Gasteiger partial charge in [0.2, 0.25) is 0 Å². The predicted octanol–water partition coefficient (Wildman–Crippen LogP) is 3.19. The molecule has 2 rings (SSSR count). The molecule has 1 aromatic carbocycles. The first kappa shape index (κ1) is 10.2. The van der Waals surface area contributed by atoms with Crippen molar-refractivity contribution >= 4 is 5.97 Å². The average Bonchev–Trinajstić information content (AvgIpc) is 2.65. The predicted molar refractivity (Wildman–Crippen MR) is 58.6 cm³/mol. The lowest BCUT2D eigenvalue weighted by atomic mass is 9.99. The summed E-state index contributed by atoms with van der Waals surface area (Å²) in [7, 11) is 0. The largest absolute Gasteiger partial charge is 0.457 e. The van der Waals surface area contributed by atoms with Gasteiger partial charge in [-0.05, 0) is 23.5 Å². The smallest absolute Gasteiger partial charge is 0.306 e. The van der Waals surface area contributed by atoms with Gasteiger partial charge in [0.1, 0.15) is 6.10 Å². The fraction of sp³-hybridized carbons (Fsp3) is 0.462. The minimum atomic E-state index is -0.0760. The number of carbonyl (C=O) groups excluding carboxylic acids is 1. The van der Waals surface area contributed by atoms with Crippen molar-refractivity contribution in [3.8, 4) is 0 Å². The standard InChI is InChI=1S/C13H16O2/c1-9(2)10-3-5-11(6-4-10)12-7-8-13(14)15-12/h3-6,9,12H,7-8H2,1-2H3. The molecule has 0 spiro atoms. The number of ether oxygens (including phenoxy) is 1. The number of esters is 1. The van der Waals surface area contributed by atoms with Crippen LogP contribution in [0.25, 0.3) is 0 Å². The van der Waals surface area contributed by atoms with Crippen LogP contribution < -0.4 is 0 Å². The Balaban J connectivity index is 2.13. The van der Waals surface area contributed by atoms with Crippen LogP contribution >= 0.6 is 0 Å². The molecule has 0 radical (unpaired) electrons. The summed E-state index contributed by atoms with van der Waals surface area (Å²) < 4.78 is 5.21. The summed E-state index contributed by atoms with van der Waals surface area (Å²) in [4.78, 5) is 11.0. The van der Waals surface area contributed by atoms with Crippen LogP contribution in [0.1, 0.15) is 49.8 Å². The van der Waals surface area contributed by atoms with Crippen LogP contribution in [0.15, 0.2) is 24.3 Å². The summed E-state index contributed by atoms with van der Waals surface area (Å²) in [6.07, 6.45) is 1.36. The molecule has 1 saturated heterocycles.